The third kappa shape index (κ3) is 83.9. The predicted octanol–water partition coefficient (Wildman–Crippen LogP) is 28.2. The monoisotopic (exact) mass is 1420 g/mol. The fourth-order valence-electron chi connectivity index (χ4n) is 11.2. The summed E-state index contributed by atoms with van der Waals surface area (Å²) in [5.74, 6) is -0.857. The Bertz CT molecular complexity index is 2330. The molecular weight excluding hydrogens is 1270 g/mol. The summed E-state index contributed by atoms with van der Waals surface area (Å²) >= 11 is 0. The third-order valence-electron chi connectivity index (χ3n) is 17.3. The maximum atomic E-state index is 12.8. The van der Waals surface area contributed by atoms with Crippen molar-refractivity contribution >= 4 is 19.8 Å². The van der Waals surface area contributed by atoms with Gasteiger partial charge in [0.05, 0.1) is 13.2 Å². The summed E-state index contributed by atoms with van der Waals surface area (Å²) in [5, 5.41) is 0. The second-order valence-corrected chi connectivity index (χ2v) is 28.4. The van der Waals surface area contributed by atoms with Crippen molar-refractivity contribution < 1.29 is 37.6 Å². The van der Waals surface area contributed by atoms with Crippen LogP contribution in [0.5, 0.6) is 0 Å². The fourth-order valence-corrected chi connectivity index (χ4v) is 12.0. The summed E-state index contributed by atoms with van der Waals surface area (Å²) in [6.45, 7) is 3.60. The molecule has 9 nitrogen and oxygen atoms in total. The second-order valence-electron chi connectivity index (χ2n) is 26.9. The first-order valence-corrected chi connectivity index (χ1v) is 42.8. The van der Waals surface area contributed by atoms with E-state index >= 15 is 0 Å². The summed E-state index contributed by atoms with van der Waals surface area (Å²) in [4.78, 5) is 35.5. The van der Waals surface area contributed by atoms with Crippen molar-refractivity contribution in [3.8, 4) is 0 Å². The first-order chi connectivity index (χ1) is 49.8. The van der Waals surface area contributed by atoms with Crippen LogP contribution < -0.4 is 5.73 Å². The largest absolute Gasteiger partial charge is 0.472 e. The number of rotatable bonds is 76. The van der Waals surface area contributed by atoms with Gasteiger partial charge in [-0.3, -0.25) is 18.6 Å². The molecule has 0 radical (unpaired) electrons. The molecule has 0 aliphatic heterocycles. The average molecular weight is 1420 g/mol. The Labute approximate surface area is 622 Å². The lowest BCUT2D eigenvalue weighted by molar-refractivity contribution is -0.161. The van der Waals surface area contributed by atoms with Crippen LogP contribution in [0.15, 0.2) is 182 Å². The van der Waals surface area contributed by atoms with Gasteiger partial charge in [-0.25, -0.2) is 4.57 Å². The van der Waals surface area contributed by atoms with Gasteiger partial charge >= 0.3 is 19.8 Å². The van der Waals surface area contributed by atoms with Crippen LogP contribution >= 0.6 is 7.82 Å². The van der Waals surface area contributed by atoms with Crippen LogP contribution in [0.1, 0.15) is 348 Å². The lowest BCUT2D eigenvalue weighted by Crippen LogP contribution is -2.29. The molecule has 0 aromatic heterocycles. The number of phosphoric ester groups is 1. The summed E-state index contributed by atoms with van der Waals surface area (Å²) in [7, 11) is -4.42. The maximum absolute atomic E-state index is 12.8. The molecule has 0 aromatic rings. The minimum Gasteiger partial charge on any atom is -0.462 e. The molecule has 10 heteroatoms. The highest BCUT2D eigenvalue weighted by atomic mass is 31.2. The predicted molar refractivity (Wildman–Crippen MR) is 440 cm³/mol. The van der Waals surface area contributed by atoms with Crippen LogP contribution in [0.3, 0.4) is 0 Å². The number of carbonyl (C=O) groups is 2. The molecule has 574 valence electrons. The topological polar surface area (TPSA) is 134 Å². The fraction of sp³-hybridized carbons (Fsp3) is 0.648. The zero-order valence-electron chi connectivity index (χ0n) is 64.8. The van der Waals surface area contributed by atoms with Gasteiger partial charge in [0.15, 0.2) is 6.10 Å². The van der Waals surface area contributed by atoms with Crippen LogP contribution in [0.25, 0.3) is 0 Å². The van der Waals surface area contributed by atoms with Crippen molar-refractivity contribution in [1.29, 1.82) is 0 Å². The minimum absolute atomic E-state index is 0.0416. The van der Waals surface area contributed by atoms with Gasteiger partial charge in [-0.1, -0.05) is 376 Å². The standard InChI is InChI=1S/C91H152NO8P/c1-3-5-7-9-11-13-15-17-19-21-23-25-27-29-31-33-35-37-39-41-43-44-46-48-50-52-54-56-58-60-62-64-66-68-70-72-74-76-78-80-82-84-91(94)100-89(88-99-101(95,96)98-86-85-92)87-97-90(93)83-81-79-77-75-73-71-69-67-65-63-61-59-57-55-53-51-49-47-45-42-40-38-36-34-32-30-28-26-24-22-20-18-16-14-12-10-8-6-4-2/h5,7,11,13,16-19,22-25,28-31,35,37,41,43,46,48,52,54,58,60,64,66,70,72,89H,3-4,6,8-10,12,14-15,20-21,26-27,32-34,36,38-40,42,44-45,47,49-51,53,55-57,59,61-63,65,67-69,71,73-88,92H2,1-2H3,(H,95,96)/b7-5-,13-11-,18-16-,19-17-,24-22-,25-23-,30-28-,31-29-,37-35-,43-41-,48-46-,54-52-,60-58-,66-64-,72-70-. The zero-order valence-corrected chi connectivity index (χ0v) is 65.7. The van der Waals surface area contributed by atoms with Gasteiger partial charge in [-0.15, -0.1) is 0 Å². The minimum atomic E-state index is -4.42. The van der Waals surface area contributed by atoms with Gasteiger partial charge in [-0.05, 0) is 141 Å². The van der Waals surface area contributed by atoms with E-state index in [1.165, 1.54) is 180 Å². The number of hydrogen-bond acceptors (Lipinski definition) is 8. The number of nitrogens with two attached hydrogens (primary N) is 1. The van der Waals surface area contributed by atoms with Gasteiger partial charge in [0.25, 0.3) is 0 Å². The van der Waals surface area contributed by atoms with Crippen molar-refractivity contribution in [2.45, 2.75) is 354 Å². The lowest BCUT2D eigenvalue weighted by Gasteiger charge is -2.19. The number of unbranched alkanes of at least 4 members (excludes halogenated alkanes) is 33. The summed E-state index contributed by atoms with van der Waals surface area (Å²) in [6, 6.07) is 0. The van der Waals surface area contributed by atoms with Crippen LogP contribution in [-0.4, -0.2) is 49.3 Å². The van der Waals surface area contributed by atoms with E-state index in [1.807, 2.05) is 0 Å². The summed E-state index contributed by atoms with van der Waals surface area (Å²) < 4.78 is 33.2. The van der Waals surface area contributed by atoms with E-state index in [0.29, 0.717) is 6.42 Å². The molecule has 0 spiro atoms. The normalized spacial score (nSPS) is 13.8. The summed E-state index contributed by atoms with van der Waals surface area (Å²) in [5.41, 5.74) is 5.41. The van der Waals surface area contributed by atoms with E-state index in [4.69, 9.17) is 24.3 Å². The van der Waals surface area contributed by atoms with E-state index in [2.05, 4.69) is 196 Å². The first-order valence-electron chi connectivity index (χ1n) is 41.3. The van der Waals surface area contributed by atoms with E-state index in [0.717, 1.165) is 135 Å². The van der Waals surface area contributed by atoms with Gasteiger partial charge in [0, 0.05) is 19.4 Å². The zero-order chi connectivity index (χ0) is 72.9. The van der Waals surface area contributed by atoms with Crippen LogP contribution in [0, 0.1) is 0 Å². The van der Waals surface area contributed by atoms with E-state index in [9.17, 15) is 19.0 Å². The van der Waals surface area contributed by atoms with Gasteiger partial charge in [0.2, 0.25) is 0 Å². The Hall–Kier alpha value is -4.89. The molecule has 0 rings (SSSR count). The van der Waals surface area contributed by atoms with E-state index < -0.39 is 26.5 Å². The van der Waals surface area contributed by atoms with Gasteiger partial charge in [0.1, 0.15) is 6.61 Å². The molecule has 101 heavy (non-hydrogen) atoms. The Kier molecular flexibility index (Phi) is 80.0. The Morgan fingerprint density at radius 3 is 0.812 bits per heavy atom. The van der Waals surface area contributed by atoms with Crippen molar-refractivity contribution in [2.24, 2.45) is 5.73 Å². The lowest BCUT2D eigenvalue weighted by atomic mass is 10.0. The van der Waals surface area contributed by atoms with Crippen LogP contribution in [0.2, 0.25) is 0 Å². The molecule has 0 saturated heterocycles. The van der Waals surface area contributed by atoms with E-state index in [1.54, 1.807) is 0 Å². The Morgan fingerprint density at radius 1 is 0.307 bits per heavy atom. The van der Waals surface area contributed by atoms with Crippen molar-refractivity contribution in [2.75, 3.05) is 26.4 Å². The molecule has 2 unspecified atom stereocenters. The molecular formula is C91H152NO8P. The number of phosphoric acid groups is 1. The van der Waals surface area contributed by atoms with Crippen LogP contribution in [-0.2, 0) is 32.7 Å². The van der Waals surface area contributed by atoms with Crippen molar-refractivity contribution in [3.05, 3.63) is 182 Å². The molecule has 3 N–H and O–H groups in total. The molecule has 0 amide bonds. The van der Waals surface area contributed by atoms with Crippen LogP contribution in [0.4, 0.5) is 0 Å². The molecule has 0 fully saturated rings. The average Bonchev–Trinajstić information content (AvgIpc) is 1.04. The van der Waals surface area contributed by atoms with Gasteiger partial charge in [-0.2, -0.15) is 0 Å². The molecule has 0 saturated carbocycles. The highest BCUT2D eigenvalue weighted by Crippen LogP contribution is 2.43. The maximum Gasteiger partial charge on any atom is 0.472 e. The highest BCUT2D eigenvalue weighted by molar-refractivity contribution is 7.47. The van der Waals surface area contributed by atoms with Crippen molar-refractivity contribution in [3.63, 3.8) is 0 Å². The molecule has 0 aromatic carbocycles. The number of ether oxygens (including phenoxy) is 2. The SMILES string of the molecule is CC/C=C\C/C=C\C/C=C\C/C=C\C/C=C\C/C=C\C/C=C\C/C=C\C/C=C\C/C=C\C/C=C\C/C=C\CCCCCCC(=O)OC(COC(=O)CCCCCCCCCCCCCCCCCCCCCCCCCC/C=C\C/C=C\C/C=C\CCCCCCC)COP(=O)(O)OCCN. The third-order valence-corrected chi connectivity index (χ3v) is 18.3. The molecule has 2 atom stereocenters. The molecule has 0 aliphatic rings. The number of esters is 2. The highest BCUT2D eigenvalue weighted by Gasteiger charge is 2.26. The number of hydrogen-bond donors (Lipinski definition) is 2. The Balaban J connectivity index is 3.91. The van der Waals surface area contributed by atoms with Crippen molar-refractivity contribution in [1.82, 2.24) is 0 Å². The Morgan fingerprint density at radius 2 is 0.545 bits per heavy atom. The smallest absolute Gasteiger partial charge is 0.462 e. The summed E-state index contributed by atoms with van der Waals surface area (Å²) in [6.07, 6.45) is 126. The molecule has 0 bridgehead atoms. The second kappa shape index (κ2) is 84.1. The molecule has 0 aliphatic carbocycles. The molecule has 0 heterocycles. The number of carbonyl (C=O) groups excluding carboxylic acids is 2. The van der Waals surface area contributed by atoms with E-state index in [-0.39, 0.29) is 38.6 Å². The van der Waals surface area contributed by atoms with Gasteiger partial charge < -0.3 is 20.1 Å². The first kappa shape index (κ1) is 96.1. The number of allylic oxidation sites excluding steroid dienone is 30. The quantitative estimate of drug-likeness (QED) is 0.0264.